The first-order valence-electron chi connectivity index (χ1n) is 5.49. The molecule has 3 heterocycles. The summed E-state index contributed by atoms with van der Waals surface area (Å²) in [6.45, 7) is 3.91. The van der Waals surface area contributed by atoms with Crippen LogP contribution in [0.2, 0.25) is 0 Å². The Morgan fingerprint density at radius 2 is 2.19 bits per heavy atom. The molecule has 0 amide bonds. The van der Waals surface area contributed by atoms with Crippen LogP contribution in [-0.4, -0.2) is 23.1 Å². The number of aromatic amines is 1. The van der Waals surface area contributed by atoms with Crippen LogP contribution in [0.4, 0.5) is 5.69 Å². The van der Waals surface area contributed by atoms with Gasteiger partial charge in [0.1, 0.15) is 5.69 Å². The molecule has 1 aliphatic heterocycles. The Morgan fingerprint density at radius 3 is 2.88 bits per heavy atom. The van der Waals surface area contributed by atoms with Crippen LogP contribution < -0.4 is 10.5 Å². The molecule has 4 heteroatoms. The lowest BCUT2D eigenvalue weighted by Crippen LogP contribution is -2.40. The minimum absolute atomic E-state index is 0.0143. The highest BCUT2D eigenvalue weighted by molar-refractivity contribution is 5.78. The van der Waals surface area contributed by atoms with Crippen molar-refractivity contribution in [3.8, 4) is 0 Å². The summed E-state index contributed by atoms with van der Waals surface area (Å²) in [4.78, 5) is 21.2. The molecule has 0 radical (unpaired) electrons. The lowest BCUT2D eigenvalue weighted by Gasteiger charge is -2.32. The van der Waals surface area contributed by atoms with E-state index >= 15 is 0 Å². The van der Waals surface area contributed by atoms with Crippen molar-refractivity contribution in [3.05, 3.63) is 34.2 Å². The number of nitrogens with one attached hydrogen (secondary N) is 1. The van der Waals surface area contributed by atoms with E-state index in [-0.39, 0.29) is 5.56 Å². The van der Waals surface area contributed by atoms with E-state index in [2.05, 4.69) is 14.9 Å². The van der Waals surface area contributed by atoms with Crippen molar-refractivity contribution < 1.29 is 0 Å². The molecule has 0 unspecified atom stereocenters. The summed E-state index contributed by atoms with van der Waals surface area (Å²) in [5, 5.41) is 0. The predicted molar refractivity (Wildman–Crippen MR) is 63.9 cm³/mol. The third kappa shape index (κ3) is 1.38. The highest BCUT2D eigenvalue weighted by atomic mass is 16.1. The second-order valence-electron chi connectivity index (χ2n) is 4.27. The van der Waals surface area contributed by atoms with E-state index in [9.17, 15) is 4.79 Å². The van der Waals surface area contributed by atoms with E-state index in [1.165, 1.54) is 6.42 Å². The molecule has 0 spiro atoms. The zero-order valence-electron chi connectivity index (χ0n) is 9.16. The van der Waals surface area contributed by atoms with Gasteiger partial charge in [-0.1, -0.05) is 0 Å². The van der Waals surface area contributed by atoms with Crippen LogP contribution in [0.3, 0.4) is 0 Å². The number of rotatable bonds is 1. The van der Waals surface area contributed by atoms with Gasteiger partial charge >= 0.3 is 0 Å². The van der Waals surface area contributed by atoms with Crippen molar-refractivity contribution in [3.63, 3.8) is 0 Å². The molecular weight excluding hydrogens is 202 g/mol. The Balaban J connectivity index is 2.21. The fourth-order valence-corrected chi connectivity index (χ4v) is 1.97. The van der Waals surface area contributed by atoms with Gasteiger partial charge in [0, 0.05) is 19.3 Å². The first-order chi connectivity index (χ1) is 7.74. The van der Waals surface area contributed by atoms with Crippen LogP contribution in [0, 0.1) is 6.92 Å². The number of aryl methyl sites for hydroxylation is 1. The minimum atomic E-state index is -0.0143. The summed E-state index contributed by atoms with van der Waals surface area (Å²) in [6, 6.07) is 3.83. The van der Waals surface area contributed by atoms with Gasteiger partial charge in [0.05, 0.1) is 11.0 Å². The maximum absolute atomic E-state index is 11.9. The van der Waals surface area contributed by atoms with Crippen molar-refractivity contribution in [2.45, 2.75) is 13.3 Å². The number of H-pyrrole nitrogens is 1. The molecule has 82 valence electrons. The number of hydrogen-bond donors (Lipinski definition) is 1. The first kappa shape index (κ1) is 9.39. The number of nitrogens with zero attached hydrogens (tertiary/aromatic N) is 2. The van der Waals surface area contributed by atoms with Crippen LogP contribution in [0.15, 0.2) is 23.1 Å². The van der Waals surface area contributed by atoms with Gasteiger partial charge in [-0.3, -0.25) is 9.78 Å². The number of aromatic nitrogens is 2. The lowest BCUT2D eigenvalue weighted by atomic mass is 10.2. The molecule has 3 rings (SSSR count). The second kappa shape index (κ2) is 3.33. The molecule has 1 N–H and O–H groups in total. The van der Waals surface area contributed by atoms with Crippen molar-refractivity contribution in [2.24, 2.45) is 0 Å². The summed E-state index contributed by atoms with van der Waals surface area (Å²) in [5.41, 5.74) is 3.45. The smallest absolute Gasteiger partial charge is 0.272 e. The number of fused-ring (bicyclic) bond motifs is 1. The molecule has 0 bridgehead atoms. The molecular formula is C12H13N3O. The van der Waals surface area contributed by atoms with E-state index in [4.69, 9.17) is 0 Å². The van der Waals surface area contributed by atoms with Gasteiger partial charge in [0.25, 0.3) is 5.56 Å². The molecule has 0 atom stereocenters. The molecule has 16 heavy (non-hydrogen) atoms. The number of hydrogen-bond acceptors (Lipinski definition) is 3. The highest BCUT2D eigenvalue weighted by Gasteiger charge is 2.18. The average molecular weight is 215 g/mol. The third-order valence-corrected chi connectivity index (χ3v) is 3.01. The fraction of sp³-hybridized carbons (Fsp3) is 0.333. The number of pyridine rings is 2. The molecule has 0 aromatic carbocycles. The Morgan fingerprint density at radius 1 is 1.38 bits per heavy atom. The summed E-state index contributed by atoms with van der Waals surface area (Å²) in [6.07, 6.45) is 2.99. The van der Waals surface area contributed by atoms with Crippen LogP contribution in [0.25, 0.3) is 11.0 Å². The average Bonchev–Trinajstić information content (AvgIpc) is 2.16. The fourth-order valence-electron chi connectivity index (χ4n) is 1.97. The van der Waals surface area contributed by atoms with Crippen LogP contribution in [0.5, 0.6) is 0 Å². The summed E-state index contributed by atoms with van der Waals surface area (Å²) in [5.74, 6) is 0. The van der Waals surface area contributed by atoms with Crippen molar-refractivity contribution in [1.29, 1.82) is 0 Å². The largest absolute Gasteiger partial charge is 0.367 e. The van der Waals surface area contributed by atoms with Crippen LogP contribution in [0.1, 0.15) is 12.0 Å². The van der Waals surface area contributed by atoms with Gasteiger partial charge in [-0.05, 0) is 31.0 Å². The first-order valence-corrected chi connectivity index (χ1v) is 5.49. The Bertz CT molecular complexity index is 599. The zero-order chi connectivity index (χ0) is 11.1. The monoisotopic (exact) mass is 215 g/mol. The maximum Gasteiger partial charge on any atom is 0.272 e. The summed E-state index contributed by atoms with van der Waals surface area (Å²) < 4.78 is 0. The van der Waals surface area contributed by atoms with Gasteiger partial charge in [-0.25, -0.2) is 0 Å². The molecule has 1 fully saturated rings. The third-order valence-electron chi connectivity index (χ3n) is 3.01. The van der Waals surface area contributed by atoms with E-state index < -0.39 is 0 Å². The van der Waals surface area contributed by atoms with E-state index in [1.54, 1.807) is 0 Å². The summed E-state index contributed by atoms with van der Waals surface area (Å²) >= 11 is 0. The predicted octanol–water partition coefficient (Wildman–Crippen LogP) is 1.44. The minimum Gasteiger partial charge on any atom is -0.367 e. The molecule has 2 aromatic rings. The molecule has 1 saturated heterocycles. The Hall–Kier alpha value is -1.84. The van der Waals surface area contributed by atoms with Crippen LogP contribution >= 0.6 is 0 Å². The van der Waals surface area contributed by atoms with Crippen molar-refractivity contribution in [1.82, 2.24) is 9.97 Å². The van der Waals surface area contributed by atoms with Gasteiger partial charge in [-0.2, -0.15) is 0 Å². The van der Waals surface area contributed by atoms with Gasteiger partial charge in [0.2, 0.25) is 0 Å². The lowest BCUT2D eigenvalue weighted by molar-refractivity contribution is 0.615. The molecule has 0 saturated carbocycles. The Kier molecular flexibility index (Phi) is 1.96. The van der Waals surface area contributed by atoms with E-state index in [0.29, 0.717) is 0 Å². The molecule has 0 aliphatic carbocycles. The summed E-state index contributed by atoms with van der Waals surface area (Å²) in [7, 11) is 0. The maximum atomic E-state index is 11.9. The standard InChI is InChI=1S/C12H13N3O/c1-8-5-10-9(13-7-8)6-11(12(16)14-10)15-3-2-4-15/h5-7H,2-4H2,1H3,(H,14,16). The van der Waals surface area contributed by atoms with E-state index in [1.807, 2.05) is 25.3 Å². The highest BCUT2D eigenvalue weighted by Crippen LogP contribution is 2.19. The SMILES string of the molecule is Cc1cnc2cc(N3CCC3)c(=O)[nH]c2c1. The van der Waals surface area contributed by atoms with E-state index in [0.717, 1.165) is 35.4 Å². The molecule has 1 aliphatic rings. The van der Waals surface area contributed by atoms with Crippen LogP contribution in [-0.2, 0) is 0 Å². The van der Waals surface area contributed by atoms with Gasteiger partial charge in [0.15, 0.2) is 0 Å². The van der Waals surface area contributed by atoms with Crippen molar-refractivity contribution in [2.75, 3.05) is 18.0 Å². The quantitative estimate of drug-likeness (QED) is 0.783. The van der Waals surface area contributed by atoms with Crippen molar-refractivity contribution >= 4 is 16.7 Å². The van der Waals surface area contributed by atoms with Gasteiger partial charge in [-0.15, -0.1) is 0 Å². The second-order valence-corrected chi connectivity index (χ2v) is 4.27. The Labute approximate surface area is 92.9 Å². The zero-order valence-corrected chi connectivity index (χ0v) is 9.16. The topological polar surface area (TPSA) is 49.0 Å². The number of anilines is 1. The molecule has 2 aromatic heterocycles. The molecule has 4 nitrogen and oxygen atoms in total. The van der Waals surface area contributed by atoms with Gasteiger partial charge < -0.3 is 9.88 Å². The normalized spacial score (nSPS) is 15.2.